The Morgan fingerprint density at radius 1 is 1.32 bits per heavy atom. The molecule has 2 fully saturated rings. The Bertz CT molecular complexity index is 570. The molecule has 118 valence electrons. The molecule has 2 saturated heterocycles. The average molecular weight is 304 g/mol. The minimum Gasteiger partial charge on any atom is -0.447 e. The van der Waals surface area contributed by atoms with Crippen LogP contribution in [0.25, 0.3) is 0 Å². The number of likely N-dealkylation sites (tertiary alicyclic amines) is 1. The first-order valence-electron chi connectivity index (χ1n) is 7.64. The molecule has 0 radical (unpaired) electrons. The summed E-state index contributed by atoms with van der Waals surface area (Å²) in [4.78, 5) is 35.0. The lowest BCUT2D eigenvalue weighted by molar-refractivity contribution is -0.130. The molecule has 22 heavy (non-hydrogen) atoms. The number of piperidine rings is 1. The molecule has 2 amide bonds. The van der Waals surface area contributed by atoms with E-state index in [-0.39, 0.29) is 12.0 Å². The third kappa shape index (κ3) is 3.18. The van der Waals surface area contributed by atoms with Gasteiger partial charge in [0, 0.05) is 26.2 Å². The highest BCUT2D eigenvalue weighted by atomic mass is 16.6. The van der Waals surface area contributed by atoms with Crippen molar-refractivity contribution < 1.29 is 14.3 Å². The number of carbonyl (C=O) groups is 2. The quantitative estimate of drug-likeness (QED) is 0.839. The highest BCUT2D eigenvalue weighted by Gasteiger charge is 2.26. The van der Waals surface area contributed by atoms with E-state index < -0.39 is 0 Å². The molecular formula is C15H20N4O3. The SMILES string of the molecule is CC(=O)N1CCC(Cc2cncc(N3CCOC3=O)n2)CC1. The van der Waals surface area contributed by atoms with E-state index in [1.54, 1.807) is 19.3 Å². The Morgan fingerprint density at radius 2 is 2.09 bits per heavy atom. The van der Waals surface area contributed by atoms with Crippen molar-refractivity contribution in [1.29, 1.82) is 0 Å². The second-order valence-electron chi connectivity index (χ2n) is 5.79. The summed E-state index contributed by atoms with van der Waals surface area (Å²) in [6, 6.07) is 0. The second kappa shape index (κ2) is 6.29. The summed E-state index contributed by atoms with van der Waals surface area (Å²) >= 11 is 0. The van der Waals surface area contributed by atoms with E-state index >= 15 is 0 Å². The Kier molecular flexibility index (Phi) is 4.22. The minimum absolute atomic E-state index is 0.146. The lowest BCUT2D eigenvalue weighted by Gasteiger charge is -2.31. The summed E-state index contributed by atoms with van der Waals surface area (Å²) < 4.78 is 4.93. The van der Waals surface area contributed by atoms with E-state index in [1.165, 1.54) is 4.90 Å². The van der Waals surface area contributed by atoms with Crippen LogP contribution < -0.4 is 4.90 Å². The number of aromatic nitrogens is 2. The van der Waals surface area contributed by atoms with Crippen molar-refractivity contribution in [3.8, 4) is 0 Å². The van der Waals surface area contributed by atoms with E-state index in [4.69, 9.17) is 4.74 Å². The summed E-state index contributed by atoms with van der Waals surface area (Å²) in [5.74, 6) is 1.21. The van der Waals surface area contributed by atoms with Gasteiger partial charge in [0.2, 0.25) is 5.91 Å². The Balaban J connectivity index is 1.61. The van der Waals surface area contributed by atoms with Crippen LogP contribution in [0, 0.1) is 5.92 Å². The van der Waals surface area contributed by atoms with Gasteiger partial charge in [-0.15, -0.1) is 0 Å². The molecule has 1 aromatic heterocycles. The van der Waals surface area contributed by atoms with E-state index in [1.807, 2.05) is 4.90 Å². The Labute approximate surface area is 129 Å². The van der Waals surface area contributed by atoms with Crippen LogP contribution in [-0.2, 0) is 16.0 Å². The number of nitrogens with zero attached hydrogens (tertiary/aromatic N) is 4. The van der Waals surface area contributed by atoms with Crippen LogP contribution in [0.3, 0.4) is 0 Å². The van der Waals surface area contributed by atoms with Crippen LogP contribution in [-0.4, -0.2) is 53.1 Å². The molecule has 1 aromatic rings. The van der Waals surface area contributed by atoms with E-state index in [0.29, 0.717) is 24.9 Å². The van der Waals surface area contributed by atoms with Crippen LogP contribution in [0.2, 0.25) is 0 Å². The van der Waals surface area contributed by atoms with Crippen LogP contribution in [0.15, 0.2) is 12.4 Å². The monoisotopic (exact) mass is 304 g/mol. The van der Waals surface area contributed by atoms with Gasteiger partial charge in [0.15, 0.2) is 5.82 Å². The molecule has 0 aliphatic carbocycles. The predicted octanol–water partition coefficient (Wildman–Crippen LogP) is 1.23. The second-order valence-corrected chi connectivity index (χ2v) is 5.79. The molecule has 3 heterocycles. The summed E-state index contributed by atoms with van der Waals surface area (Å²) in [5.41, 5.74) is 0.887. The fourth-order valence-electron chi connectivity index (χ4n) is 2.97. The topological polar surface area (TPSA) is 75.6 Å². The van der Waals surface area contributed by atoms with Crippen molar-refractivity contribution in [2.45, 2.75) is 26.2 Å². The van der Waals surface area contributed by atoms with Crippen LogP contribution >= 0.6 is 0 Å². The van der Waals surface area contributed by atoms with Crippen molar-refractivity contribution in [1.82, 2.24) is 14.9 Å². The largest absolute Gasteiger partial charge is 0.447 e. The molecule has 0 bridgehead atoms. The van der Waals surface area contributed by atoms with Gasteiger partial charge in [0.05, 0.1) is 18.4 Å². The average Bonchev–Trinajstić information content (AvgIpc) is 2.94. The van der Waals surface area contributed by atoms with Gasteiger partial charge in [-0.1, -0.05) is 0 Å². The number of carbonyl (C=O) groups excluding carboxylic acids is 2. The fraction of sp³-hybridized carbons (Fsp3) is 0.600. The highest BCUT2D eigenvalue weighted by Crippen LogP contribution is 2.22. The molecule has 0 aromatic carbocycles. The van der Waals surface area contributed by atoms with Gasteiger partial charge >= 0.3 is 6.09 Å². The lowest BCUT2D eigenvalue weighted by atomic mass is 9.92. The molecular weight excluding hydrogens is 284 g/mol. The van der Waals surface area contributed by atoms with Gasteiger partial charge in [-0.2, -0.15) is 0 Å². The van der Waals surface area contributed by atoms with Crippen molar-refractivity contribution in [2.24, 2.45) is 5.92 Å². The van der Waals surface area contributed by atoms with Crippen molar-refractivity contribution in [2.75, 3.05) is 31.1 Å². The molecule has 0 spiro atoms. The molecule has 2 aliphatic rings. The zero-order valence-electron chi connectivity index (χ0n) is 12.7. The highest BCUT2D eigenvalue weighted by molar-refractivity contribution is 5.87. The first-order chi connectivity index (χ1) is 10.6. The van der Waals surface area contributed by atoms with Crippen molar-refractivity contribution in [3.05, 3.63) is 18.1 Å². The maximum Gasteiger partial charge on any atom is 0.415 e. The fourth-order valence-corrected chi connectivity index (χ4v) is 2.97. The number of cyclic esters (lactones) is 1. The first-order valence-corrected chi connectivity index (χ1v) is 7.64. The predicted molar refractivity (Wildman–Crippen MR) is 79.4 cm³/mol. The molecule has 0 saturated carbocycles. The van der Waals surface area contributed by atoms with Crippen LogP contribution in [0.5, 0.6) is 0 Å². The lowest BCUT2D eigenvalue weighted by Crippen LogP contribution is -2.37. The molecule has 2 aliphatic heterocycles. The molecule has 0 N–H and O–H groups in total. The zero-order chi connectivity index (χ0) is 15.5. The molecule has 0 unspecified atom stereocenters. The number of hydrogen-bond donors (Lipinski definition) is 0. The number of ether oxygens (including phenoxy) is 1. The Morgan fingerprint density at radius 3 is 2.73 bits per heavy atom. The summed E-state index contributed by atoms with van der Waals surface area (Å²) in [7, 11) is 0. The third-order valence-electron chi connectivity index (χ3n) is 4.27. The molecule has 3 rings (SSSR count). The number of amides is 2. The van der Waals surface area contributed by atoms with E-state index in [0.717, 1.165) is 38.0 Å². The van der Waals surface area contributed by atoms with Crippen molar-refractivity contribution in [3.63, 3.8) is 0 Å². The van der Waals surface area contributed by atoms with E-state index in [2.05, 4.69) is 9.97 Å². The van der Waals surface area contributed by atoms with Gasteiger partial charge in [0.25, 0.3) is 0 Å². The summed E-state index contributed by atoms with van der Waals surface area (Å²) in [6.07, 6.45) is 5.78. The van der Waals surface area contributed by atoms with E-state index in [9.17, 15) is 9.59 Å². The summed E-state index contributed by atoms with van der Waals surface area (Å²) in [5, 5.41) is 0. The Hall–Kier alpha value is -2.18. The first kappa shape index (κ1) is 14.7. The maximum absolute atomic E-state index is 11.6. The summed E-state index contributed by atoms with van der Waals surface area (Å²) in [6.45, 7) is 4.16. The minimum atomic E-state index is -0.360. The molecule has 7 nitrogen and oxygen atoms in total. The smallest absolute Gasteiger partial charge is 0.415 e. The third-order valence-corrected chi connectivity index (χ3v) is 4.27. The van der Waals surface area contributed by atoms with Gasteiger partial charge in [0.1, 0.15) is 6.61 Å². The van der Waals surface area contributed by atoms with Gasteiger partial charge in [-0.3, -0.25) is 14.7 Å². The van der Waals surface area contributed by atoms with Gasteiger partial charge in [-0.25, -0.2) is 9.78 Å². The standard InChI is InChI=1S/C15H20N4O3/c1-11(20)18-4-2-12(3-5-18)8-13-9-16-10-14(17-13)19-6-7-22-15(19)21/h9-10,12H,2-8H2,1H3. The number of hydrogen-bond acceptors (Lipinski definition) is 5. The van der Waals surface area contributed by atoms with Gasteiger partial charge in [-0.05, 0) is 25.2 Å². The van der Waals surface area contributed by atoms with Crippen LogP contribution in [0.4, 0.5) is 10.6 Å². The van der Waals surface area contributed by atoms with Crippen molar-refractivity contribution >= 4 is 17.8 Å². The molecule has 7 heteroatoms. The normalized spacial score (nSPS) is 19.4. The van der Waals surface area contributed by atoms with Gasteiger partial charge < -0.3 is 9.64 Å². The molecule has 0 atom stereocenters. The zero-order valence-corrected chi connectivity index (χ0v) is 12.7. The number of anilines is 1. The maximum atomic E-state index is 11.6. The van der Waals surface area contributed by atoms with Crippen LogP contribution in [0.1, 0.15) is 25.5 Å². The number of rotatable bonds is 3.